The maximum atomic E-state index is 5.93. The molecule has 5 nitrogen and oxygen atoms in total. The fourth-order valence-electron chi connectivity index (χ4n) is 2.10. The van der Waals surface area contributed by atoms with E-state index in [1.165, 1.54) is 0 Å². The van der Waals surface area contributed by atoms with E-state index in [1.54, 1.807) is 6.33 Å². The molecule has 2 N–H and O–H groups in total. The lowest BCUT2D eigenvalue weighted by atomic mass is 10.1. The molecule has 2 heterocycles. The van der Waals surface area contributed by atoms with Crippen LogP contribution >= 0.6 is 0 Å². The van der Waals surface area contributed by atoms with Crippen molar-refractivity contribution in [1.29, 1.82) is 0 Å². The molecule has 2 rings (SSSR count). The predicted molar refractivity (Wildman–Crippen MR) is 75.0 cm³/mol. The van der Waals surface area contributed by atoms with E-state index in [2.05, 4.69) is 46.7 Å². The van der Waals surface area contributed by atoms with Gasteiger partial charge < -0.3 is 15.5 Å². The van der Waals surface area contributed by atoms with Crippen molar-refractivity contribution in [2.45, 2.75) is 38.8 Å². The van der Waals surface area contributed by atoms with Crippen molar-refractivity contribution in [3.05, 3.63) is 12.4 Å². The van der Waals surface area contributed by atoms with Crippen LogP contribution < -0.4 is 15.5 Å². The molecule has 0 aromatic carbocycles. The van der Waals surface area contributed by atoms with Gasteiger partial charge in [0.25, 0.3) is 0 Å². The number of piperidine rings is 1. The zero-order valence-corrected chi connectivity index (χ0v) is 11.5. The van der Waals surface area contributed by atoms with Gasteiger partial charge in [-0.05, 0) is 26.7 Å². The van der Waals surface area contributed by atoms with Gasteiger partial charge in [-0.15, -0.1) is 0 Å². The molecule has 1 aliphatic heterocycles. The van der Waals surface area contributed by atoms with Crippen molar-refractivity contribution < 1.29 is 0 Å². The highest BCUT2D eigenvalue weighted by Crippen LogP contribution is 2.21. The van der Waals surface area contributed by atoms with Crippen LogP contribution in [0.1, 0.15) is 26.7 Å². The lowest BCUT2D eigenvalue weighted by molar-refractivity contribution is 0.498. The average Bonchev–Trinajstić information content (AvgIpc) is 2.38. The number of nitrogens with zero attached hydrogens (tertiary/aromatic N) is 4. The first-order valence-electron chi connectivity index (χ1n) is 6.63. The molecule has 18 heavy (non-hydrogen) atoms. The van der Waals surface area contributed by atoms with Gasteiger partial charge in [0.2, 0.25) is 0 Å². The number of hydrogen-bond donors (Lipinski definition) is 1. The zero-order valence-electron chi connectivity index (χ0n) is 11.5. The molecule has 0 unspecified atom stereocenters. The van der Waals surface area contributed by atoms with E-state index in [0.717, 1.165) is 37.6 Å². The second-order valence-corrected chi connectivity index (χ2v) is 5.26. The summed E-state index contributed by atoms with van der Waals surface area (Å²) in [6.07, 6.45) is 3.73. The Morgan fingerprint density at radius 3 is 2.61 bits per heavy atom. The summed E-state index contributed by atoms with van der Waals surface area (Å²) in [5.74, 6) is 1.99. The van der Waals surface area contributed by atoms with Crippen molar-refractivity contribution >= 4 is 11.6 Å². The number of rotatable bonds is 3. The summed E-state index contributed by atoms with van der Waals surface area (Å²) in [6, 6.07) is 2.85. The number of hydrogen-bond acceptors (Lipinski definition) is 5. The normalized spacial score (nSPS) is 17.3. The van der Waals surface area contributed by atoms with Gasteiger partial charge >= 0.3 is 0 Å². The Morgan fingerprint density at radius 2 is 2.00 bits per heavy atom. The smallest absolute Gasteiger partial charge is 0.134 e. The molecule has 0 radical (unpaired) electrons. The fraction of sp³-hybridized carbons (Fsp3) is 0.692. The molecule has 1 saturated heterocycles. The van der Waals surface area contributed by atoms with Gasteiger partial charge in [-0.3, -0.25) is 0 Å². The highest BCUT2D eigenvalue weighted by molar-refractivity contribution is 5.50. The van der Waals surface area contributed by atoms with Crippen molar-refractivity contribution in [3.63, 3.8) is 0 Å². The largest absolute Gasteiger partial charge is 0.357 e. The molecule has 0 amide bonds. The van der Waals surface area contributed by atoms with Crippen molar-refractivity contribution in [3.8, 4) is 0 Å². The third-order valence-corrected chi connectivity index (χ3v) is 3.64. The molecule has 0 saturated carbocycles. The number of nitrogens with two attached hydrogens (primary N) is 1. The predicted octanol–water partition coefficient (Wildman–Crippen LogP) is 1.25. The summed E-state index contributed by atoms with van der Waals surface area (Å²) < 4.78 is 0. The first kappa shape index (κ1) is 13.1. The molecule has 1 aromatic heterocycles. The van der Waals surface area contributed by atoms with Gasteiger partial charge in [0, 0.05) is 38.3 Å². The van der Waals surface area contributed by atoms with E-state index in [4.69, 9.17) is 5.73 Å². The van der Waals surface area contributed by atoms with Gasteiger partial charge in [0.1, 0.15) is 18.0 Å². The molecule has 5 heteroatoms. The fourth-order valence-corrected chi connectivity index (χ4v) is 2.10. The van der Waals surface area contributed by atoms with E-state index in [0.29, 0.717) is 12.1 Å². The Morgan fingerprint density at radius 1 is 1.33 bits per heavy atom. The molecule has 0 bridgehead atoms. The van der Waals surface area contributed by atoms with Crippen LogP contribution in [0.4, 0.5) is 11.6 Å². The number of anilines is 2. The zero-order chi connectivity index (χ0) is 13.1. The van der Waals surface area contributed by atoms with E-state index < -0.39 is 0 Å². The van der Waals surface area contributed by atoms with Crippen LogP contribution in [0.5, 0.6) is 0 Å². The van der Waals surface area contributed by atoms with Crippen LogP contribution in [0, 0.1) is 0 Å². The third-order valence-electron chi connectivity index (χ3n) is 3.64. The maximum Gasteiger partial charge on any atom is 0.134 e. The second-order valence-electron chi connectivity index (χ2n) is 5.26. The van der Waals surface area contributed by atoms with Crippen molar-refractivity contribution in [2.75, 3.05) is 29.9 Å². The summed E-state index contributed by atoms with van der Waals surface area (Å²) in [6.45, 7) is 6.29. The average molecular weight is 249 g/mol. The topological polar surface area (TPSA) is 58.3 Å². The van der Waals surface area contributed by atoms with Crippen molar-refractivity contribution in [2.24, 2.45) is 5.73 Å². The lowest BCUT2D eigenvalue weighted by Crippen LogP contribution is -2.40. The molecule has 0 atom stereocenters. The molecular formula is C13H23N5. The summed E-state index contributed by atoms with van der Waals surface area (Å²) in [7, 11) is 2.06. The Hall–Kier alpha value is -1.36. The maximum absolute atomic E-state index is 5.93. The van der Waals surface area contributed by atoms with Gasteiger partial charge in [-0.25, -0.2) is 9.97 Å². The van der Waals surface area contributed by atoms with Crippen LogP contribution in [-0.2, 0) is 0 Å². The van der Waals surface area contributed by atoms with Crippen molar-refractivity contribution in [1.82, 2.24) is 9.97 Å². The SMILES string of the molecule is CC(C)N(C)c1cc(N2CCC(N)CC2)ncn1. The van der Waals surface area contributed by atoms with Crippen LogP contribution in [0.2, 0.25) is 0 Å². The summed E-state index contributed by atoms with van der Waals surface area (Å²) in [4.78, 5) is 13.2. The Labute approximate surface area is 109 Å². The number of aromatic nitrogens is 2. The van der Waals surface area contributed by atoms with E-state index in [-0.39, 0.29) is 0 Å². The highest BCUT2D eigenvalue weighted by Gasteiger charge is 2.18. The minimum atomic E-state index is 0.348. The lowest BCUT2D eigenvalue weighted by Gasteiger charge is -2.31. The van der Waals surface area contributed by atoms with Gasteiger partial charge in [-0.2, -0.15) is 0 Å². The summed E-state index contributed by atoms with van der Waals surface area (Å²) in [5.41, 5.74) is 5.93. The molecular weight excluding hydrogens is 226 g/mol. The van der Waals surface area contributed by atoms with E-state index in [1.807, 2.05) is 0 Å². The quantitative estimate of drug-likeness (QED) is 0.873. The molecule has 1 aliphatic rings. The minimum Gasteiger partial charge on any atom is -0.357 e. The third kappa shape index (κ3) is 2.90. The van der Waals surface area contributed by atoms with Crippen LogP contribution in [-0.4, -0.2) is 42.2 Å². The van der Waals surface area contributed by atoms with Crippen LogP contribution in [0.15, 0.2) is 12.4 Å². The van der Waals surface area contributed by atoms with Gasteiger partial charge in [-0.1, -0.05) is 0 Å². The molecule has 1 fully saturated rings. The standard InChI is InChI=1S/C13H23N5/c1-10(2)17(3)12-8-13(16-9-15-12)18-6-4-11(14)5-7-18/h8-11H,4-7,14H2,1-3H3. The first-order valence-corrected chi connectivity index (χ1v) is 6.63. The monoisotopic (exact) mass is 249 g/mol. The van der Waals surface area contributed by atoms with Gasteiger partial charge in [0.05, 0.1) is 0 Å². The van der Waals surface area contributed by atoms with Crippen LogP contribution in [0.25, 0.3) is 0 Å². The molecule has 0 aliphatic carbocycles. The minimum absolute atomic E-state index is 0.348. The molecule has 1 aromatic rings. The second kappa shape index (κ2) is 5.52. The Bertz CT molecular complexity index is 385. The highest BCUT2D eigenvalue weighted by atomic mass is 15.2. The Kier molecular flexibility index (Phi) is 4.01. The van der Waals surface area contributed by atoms with E-state index in [9.17, 15) is 0 Å². The molecule has 0 spiro atoms. The van der Waals surface area contributed by atoms with Gasteiger partial charge in [0.15, 0.2) is 0 Å². The van der Waals surface area contributed by atoms with E-state index >= 15 is 0 Å². The Balaban J connectivity index is 2.12. The first-order chi connectivity index (χ1) is 8.58. The summed E-state index contributed by atoms with van der Waals surface area (Å²) >= 11 is 0. The van der Waals surface area contributed by atoms with Crippen LogP contribution in [0.3, 0.4) is 0 Å². The summed E-state index contributed by atoms with van der Waals surface area (Å²) in [5, 5.41) is 0. The molecule has 100 valence electrons.